The summed E-state index contributed by atoms with van der Waals surface area (Å²) >= 11 is 1.41. The molecule has 3 rings (SSSR count). The molecule has 124 valence electrons. The van der Waals surface area contributed by atoms with Gasteiger partial charge in [0.2, 0.25) is 0 Å². The Morgan fingerprint density at radius 1 is 1.43 bits per heavy atom. The van der Waals surface area contributed by atoms with Crippen LogP contribution in [0.5, 0.6) is 0 Å². The summed E-state index contributed by atoms with van der Waals surface area (Å²) in [5.41, 5.74) is 6.92. The molecule has 0 aliphatic heterocycles. The van der Waals surface area contributed by atoms with Gasteiger partial charge in [-0.1, -0.05) is 12.1 Å². The molecule has 0 unspecified atom stereocenters. The Hall–Kier alpha value is -1.50. The minimum Gasteiger partial charge on any atom is -0.334 e. The fourth-order valence-corrected chi connectivity index (χ4v) is 3.08. The summed E-state index contributed by atoms with van der Waals surface area (Å²) in [6.45, 7) is 0.938. The van der Waals surface area contributed by atoms with Crippen molar-refractivity contribution in [3.63, 3.8) is 0 Å². The third-order valence-corrected chi connectivity index (χ3v) is 4.60. The van der Waals surface area contributed by atoms with Crippen LogP contribution >= 0.6 is 23.7 Å². The lowest BCUT2D eigenvalue weighted by atomic mass is 10.1. The van der Waals surface area contributed by atoms with Crippen molar-refractivity contribution in [3.8, 4) is 0 Å². The maximum Gasteiger partial charge on any atom is 0.273 e. The zero-order valence-electron chi connectivity index (χ0n) is 12.6. The summed E-state index contributed by atoms with van der Waals surface area (Å²) in [6.07, 6.45) is 2.71. The standard InChI is InChI=1S/C16H18FN3OS.ClH/c17-12-3-1-2-11(8-12)6-7-20(13-4-5-13)16(21)14-10-22-15(9-18)19-14;/h1-3,8,10,13H,4-7,9,18H2;1H. The monoisotopic (exact) mass is 355 g/mol. The van der Waals surface area contributed by atoms with Crippen molar-refractivity contribution in [2.24, 2.45) is 5.73 Å². The Balaban J connectivity index is 0.00000192. The van der Waals surface area contributed by atoms with E-state index in [4.69, 9.17) is 5.73 Å². The smallest absolute Gasteiger partial charge is 0.273 e. The molecule has 1 amide bonds. The van der Waals surface area contributed by atoms with Gasteiger partial charge in [0, 0.05) is 24.5 Å². The molecule has 2 N–H and O–H groups in total. The lowest BCUT2D eigenvalue weighted by molar-refractivity contribution is 0.0739. The number of nitrogens with two attached hydrogens (primary N) is 1. The van der Waals surface area contributed by atoms with E-state index in [2.05, 4.69) is 4.98 Å². The molecule has 4 nitrogen and oxygen atoms in total. The first-order chi connectivity index (χ1) is 10.7. The van der Waals surface area contributed by atoms with Gasteiger partial charge in [-0.15, -0.1) is 23.7 Å². The van der Waals surface area contributed by atoms with Gasteiger partial charge in [-0.3, -0.25) is 4.79 Å². The molecule has 1 heterocycles. The van der Waals surface area contributed by atoms with Crippen LogP contribution in [0.1, 0.15) is 33.9 Å². The first-order valence-corrected chi connectivity index (χ1v) is 8.25. The largest absolute Gasteiger partial charge is 0.334 e. The Kier molecular flexibility index (Phi) is 6.10. The van der Waals surface area contributed by atoms with Crippen LogP contribution in [0.15, 0.2) is 29.6 Å². The van der Waals surface area contributed by atoms with Gasteiger partial charge >= 0.3 is 0 Å². The van der Waals surface area contributed by atoms with Gasteiger partial charge < -0.3 is 10.6 Å². The molecular weight excluding hydrogens is 337 g/mol. The van der Waals surface area contributed by atoms with E-state index in [9.17, 15) is 9.18 Å². The van der Waals surface area contributed by atoms with Crippen molar-refractivity contribution in [1.29, 1.82) is 0 Å². The number of nitrogens with zero attached hydrogens (tertiary/aromatic N) is 2. The molecule has 1 aliphatic rings. The molecule has 0 saturated heterocycles. The van der Waals surface area contributed by atoms with Gasteiger partial charge in [0.25, 0.3) is 5.91 Å². The number of hydrogen-bond acceptors (Lipinski definition) is 4. The van der Waals surface area contributed by atoms with Crippen LogP contribution < -0.4 is 5.73 Å². The fourth-order valence-electron chi connectivity index (χ4n) is 2.43. The quantitative estimate of drug-likeness (QED) is 0.866. The Morgan fingerprint density at radius 2 is 2.22 bits per heavy atom. The molecule has 1 saturated carbocycles. The molecule has 0 bridgehead atoms. The molecule has 7 heteroatoms. The summed E-state index contributed by atoms with van der Waals surface area (Å²) in [4.78, 5) is 18.7. The van der Waals surface area contributed by atoms with Crippen LogP contribution in [-0.4, -0.2) is 28.4 Å². The zero-order valence-corrected chi connectivity index (χ0v) is 14.2. The van der Waals surface area contributed by atoms with E-state index in [0.717, 1.165) is 23.4 Å². The number of thiazole rings is 1. The average molecular weight is 356 g/mol. The van der Waals surface area contributed by atoms with E-state index in [-0.39, 0.29) is 24.1 Å². The molecule has 0 spiro atoms. The highest BCUT2D eigenvalue weighted by Gasteiger charge is 2.33. The topological polar surface area (TPSA) is 59.2 Å². The number of carbonyl (C=O) groups excluding carboxylic acids is 1. The van der Waals surface area contributed by atoms with Gasteiger partial charge in [-0.25, -0.2) is 9.37 Å². The van der Waals surface area contributed by atoms with Crippen molar-refractivity contribution in [1.82, 2.24) is 9.88 Å². The number of aromatic nitrogens is 1. The van der Waals surface area contributed by atoms with Crippen molar-refractivity contribution in [2.45, 2.75) is 31.8 Å². The molecule has 1 aliphatic carbocycles. The van der Waals surface area contributed by atoms with Gasteiger partial charge in [0.05, 0.1) is 0 Å². The Morgan fingerprint density at radius 3 is 2.83 bits per heavy atom. The highest BCUT2D eigenvalue weighted by atomic mass is 35.5. The lowest BCUT2D eigenvalue weighted by Crippen LogP contribution is -2.35. The molecule has 1 aromatic carbocycles. The number of halogens is 2. The normalized spacial score (nSPS) is 13.5. The molecule has 2 aromatic rings. The lowest BCUT2D eigenvalue weighted by Gasteiger charge is -2.21. The predicted octanol–water partition coefficient (Wildman–Crippen LogP) is 3.01. The fraction of sp³-hybridized carbons (Fsp3) is 0.375. The molecular formula is C16H19ClFN3OS. The molecule has 1 fully saturated rings. The predicted molar refractivity (Wildman–Crippen MR) is 91.4 cm³/mol. The third-order valence-electron chi connectivity index (χ3n) is 3.72. The summed E-state index contributed by atoms with van der Waals surface area (Å²) < 4.78 is 13.2. The number of amides is 1. The second-order valence-corrected chi connectivity index (χ2v) is 6.38. The van der Waals surface area contributed by atoms with Crippen molar-refractivity contribution >= 4 is 29.7 Å². The zero-order chi connectivity index (χ0) is 15.5. The van der Waals surface area contributed by atoms with Crippen LogP contribution in [-0.2, 0) is 13.0 Å². The summed E-state index contributed by atoms with van der Waals surface area (Å²) in [5.74, 6) is -0.288. The van der Waals surface area contributed by atoms with E-state index >= 15 is 0 Å². The van der Waals surface area contributed by atoms with Crippen LogP contribution in [0.3, 0.4) is 0 Å². The average Bonchev–Trinajstić information content (AvgIpc) is 3.23. The summed E-state index contributed by atoms with van der Waals surface area (Å²) in [6, 6.07) is 6.82. The van der Waals surface area contributed by atoms with E-state index < -0.39 is 0 Å². The first-order valence-electron chi connectivity index (χ1n) is 7.37. The maximum atomic E-state index is 13.2. The second kappa shape index (κ2) is 7.86. The van der Waals surface area contributed by atoms with Crippen molar-refractivity contribution < 1.29 is 9.18 Å². The number of rotatable bonds is 6. The van der Waals surface area contributed by atoms with Crippen LogP contribution in [0.4, 0.5) is 4.39 Å². The van der Waals surface area contributed by atoms with Gasteiger partial charge in [-0.2, -0.15) is 0 Å². The number of carbonyl (C=O) groups is 1. The van der Waals surface area contributed by atoms with Gasteiger partial charge in [0.1, 0.15) is 16.5 Å². The Labute approximate surface area is 144 Å². The highest BCUT2D eigenvalue weighted by molar-refractivity contribution is 7.09. The minimum absolute atomic E-state index is 0. The molecule has 23 heavy (non-hydrogen) atoms. The molecule has 0 radical (unpaired) electrons. The van der Waals surface area contributed by atoms with Crippen LogP contribution in [0.2, 0.25) is 0 Å². The van der Waals surface area contributed by atoms with Crippen molar-refractivity contribution in [2.75, 3.05) is 6.54 Å². The van der Waals surface area contributed by atoms with E-state index in [1.807, 2.05) is 11.0 Å². The summed E-state index contributed by atoms with van der Waals surface area (Å²) in [5, 5.41) is 2.53. The van der Waals surface area contributed by atoms with Crippen LogP contribution in [0.25, 0.3) is 0 Å². The Bertz CT molecular complexity index is 675. The van der Waals surface area contributed by atoms with Crippen molar-refractivity contribution in [3.05, 3.63) is 51.7 Å². The number of hydrogen-bond donors (Lipinski definition) is 1. The van der Waals surface area contributed by atoms with Crippen LogP contribution in [0, 0.1) is 5.82 Å². The minimum atomic E-state index is -0.242. The van der Waals surface area contributed by atoms with E-state index in [1.54, 1.807) is 11.4 Å². The highest BCUT2D eigenvalue weighted by Crippen LogP contribution is 2.28. The number of benzene rings is 1. The van der Waals surface area contributed by atoms with E-state index in [1.165, 1.54) is 23.5 Å². The third kappa shape index (κ3) is 4.50. The van der Waals surface area contributed by atoms with Gasteiger partial charge in [0.15, 0.2) is 0 Å². The molecule has 0 atom stereocenters. The van der Waals surface area contributed by atoms with E-state index in [0.29, 0.717) is 31.2 Å². The second-order valence-electron chi connectivity index (χ2n) is 5.44. The maximum absolute atomic E-state index is 13.2. The SMILES string of the molecule is Cl.NCc1nc(C(=O)N(CCc2cccc(F)c2)C2CC2)cs1. The first kappa shape index (κ1) is 17.8. The molecule has 1 aromatic heterocycles. The van der Waals surface area contributed by atoms with Gasteiger partial charge in [-0.05, 0) is 37.0 Å². The summed E-state index contributed by atoms with van der Waals surface area (Å²) in [7, 11) is 0.